The molecule has 0 radical (unpaired) electrons. The van der Waals surface area contributed by atoms with Crippen molar-refractivity contribution in [2.24, 2.45) is 11.8 Å². The summed E-state index contributed by atoms with van der Waals surface area (Å²) in [5, 5.41) is 3.13. The Labute approximate surface area is 138 Å². The quantitative estimate of drug-likeness (QED) is 0.810. The summed E-state index contributed by atoms with van der Waals surface area (Å²) >= 11 is 0. The summed E-state index contributed by atoms with van der Waals surface area (Å²) in [4.78, 5) is 17.6. The Morgan fingerprint density at radius 1 is 1.43 bits per heavy atom. The highest BCUT2D eigenvalue weighted by Gasteiger charge is 2.35. The van der Waals surface area contributed by atoms with Crippen LogP contribution in [-0.4, -0.2) is 61.9 Å². The van der Waals surface area contributed by atoms with Gasteiger partial charge in [0.05, 0.1) is 11.3 Å². The lowest BCUT2D eigenvalue weighted by Gasteiger charge is -2.23. The van der Waals surface area contributed by atoms with Crippen LogP contribution in [0.25, 0.3) is 0 Å². The lowest BCUT2D eigenvalue weighted by molar-refractivity contribution is 0.0925. The van der Waals surface area contributed by atoms with E-state index in [-0.39, 0.29) is 17.7 Å². The van der Waals surface area contributed by atoms with Gasteiger partial charge in [-0.1, -0.05) is 13.8 Å². The van der Waals surface area contributed by atoms with Crippen LogP contribution in [0, 0.1) is 18.8 Å². The largest absolute Gasteiger partial charge is 0.365 e. The molecular weight excluding hydrogens is 314 g/mol. The highest BCUT2D eigenvalue weighted by Crippen LogP contribution is 2.25. The number of likely N-dealkylation sites (tertiary alicyclic amines) is 1. The molecule has 0 saturated carbocycles. The van der Waals surface area contributed by atoms with Crippen LogP contribution in [0.1, 0.15) is 29.9 Å². The van der Waals surface area contributed by atoms with Crippen LogP contribution in [-0.2, 0) is 9.84 Å². The lowest BCUT2D eigenvalue weighted by Crippen LogP contribution is -2.42. The van der Waals surface area contributed by atoms with Crippen molar-refractivity contribution in [3.8, 4) is 0 Å². The second-order valence-corrected chi connectivity index (χ2v) is 9.15. The van der Waals surface area contributed by atoms with E-state index >= 15 is 0 Å². The van der Waals surface area contributed by atoms with Gasteiger partial charge in [0.25, 0.3) is 5.91 Å². The number of rotatable bonds is 6. The van der Waals surface area contributed by atoms with E-state index in [1.165, 1.54) is 6.26 Å². The predicted molar refractivity (Wildman–Crippen MR) is 91.3 cm³/mol. The molecule has 23 heavy (non-hydrogen) atoms. The number of carbonyl (C=O) groups is 1. The van der Waals surface area contributed by atoms with Crippen LogP contribution in [0.15, 0.2) is 12.3 Å². The van der Waals surface area contributed by atoms with Crippen LogP contribution in [0.2, 0.25) is 0 Å². The maximum absolute atomic E-state index is 12.4. The SMILES string of the molecule is Cc1[nH]ccc1C(=O)NC1CN(CCS(C)(=O)=O)CC1C(C)C. The molecule has 1 aliphatic rings. The van der Waals surface area contributed by atoms with E-state index in [1.54, 1.807) is 12.3 Å². The number of amides is 1. The number of carbonyl (C=O) groups excluding carboxylic acids is 1. The first-order chi connectivity index (χ1) is 10.7. The minimum Gasteiger partial charge on any atom is -0.365 e. The van der Waals surface area contributed by atoms with E-state index < -0.39 is 9.84 Å². The summed E-state index contributed by atoms with van der Waals surface area (Å²) in [6.45, 7) is 8.22. The summed E-state index contributed by atoms with van der Waals surface area (Å²) < 4.78 is 22.7. The summed E-state index contributed by atoms with van der Waals surface area (Å²) in [6.07, 6.45) is 3.02. The smallest absolute Gasteiger partial charge is 0.253 e. The zero-order valence-corrected chi connectivity index (χ0v) is 15.1. The normalized spacial score (nSPS) is 22.7. The summed E-state index contributed by atoms with van der Waals surface area (Å²) in [5.41, 5.74) is 1.53. The minimum absolute atomic E-state index is 0.0522. The van der Waals surface area contributed by atoms with Crippen LogP contribution in [0.4, 0.5) is 0 Å². The number of nitrogens with one attached hydrogen (secondary N) is 2. The first kappa shape index (κ1) is 18.0. The van der Waals surface area contributed by atoms with Gasteiger partial charge in [-0.3, -0.25) is 9.69 Å². The fourth-order valence-corrected chi connectivity index (χ4v) is 3.75. The van der Waals surface area contributed by atoms with Gasteiger partial charge in [0.2, 0.25) is 0 Å². The van der Waals surface area contributed by atoms with Crippen molar-refractivity contribution >= 4 is 15.7 Å². The third-order valence-corrected chi connectivity index (χ3v) is 5.51. The molecule has 0 aliphatic carbocycles. The van der Waals surface area contributed by atoms with Gasteiger partial charge < -0.3 is 10.3 Å². The Balaban J connectivity index is 2.01. The number of aryl methyl sites for hydroxylation is 1. The molecule has 1 aromatic heterocycles. The topological polar surface area (TPSA) is 82.3 Å². The maximum Gasteiger partial charge on any atom is 0.253 e. The molecule has 1 aromatic rings. The molecule has 0 bridgehead atoms. The van der Waals surface area contributed by atoms with E-state index in [2.05, 4.69) is 29.0 Å². The number of aromatic nitrogens is 1. The maximum atomic E-state index is 12.4. The van der Waals surface area contributed by atoms with Gasteiger partial charge in [-0.25, -0.2) is 8.42 Å². The number of sulfone groups is 1. The monoisotopic (exact) mass is 341 g/mol. The molecular formula is C16H27N3O3S. The second-order valence-electron chi connectivity index (χ2n) is 6.89. The second kappa shape index (κ2) is 7.05. The number of H-pyrrole nitrogens is 1. The first-order valence-corrected chi connectivity index (χ1v) is 10.1. The van der Waals surface area contributed by atoms with E-state index in [0.29, 0.717) is 30.5 Å². The Morgan fingerprint density at radius 2 is 2.13 bits per heavy atom. The molecule has 1 amide bonds. The third-order valence-electron chi connectivity index (χ3n) is 4.59. The highest BCUT2D eigenvalue weighted by atomic mass is 32.2. The number of aromatic amines is 1. The van der Waals surface area contributed by atoms with Crippen molar-refractivity contribution in [2.75, 3.05) is 31.6 Å². The highest BCUT2D eigenvalue weighted by molar-refractivity contribution is 7.90. The lowest BCUT2D eigenvalue weighted by atomic mass is 9.91. The predicted octanol–water partition coefficient (Wildman–Crippen LogP) is 1.05. The molecule has 1 saturated heterocycles. The van der Waals surface area contributed by atoms with Crippen molar-refractivity contribution in [2.45, 2.75) is 26.8 Å². The number of hydrogen-bond acceptors (Lipinski definition) is 4. The molecule has 1 fully saturated rings. The molecule has 2 atom stereocenters. The number of hydrogen-bond donors (Lipinski definition) is 2. The minimum atomic E-state index is -2.96. The number of nitrogens with zero attached hydrogens (tertiary/aromatic N) is 1. The van der Waals surface area contributed by atoms with Gasteiger partial charge in [-0.2, -0.15) is 0 Å². The molecule has 1 aliphatic heterocycles. The molecule has 2 N–H and O–H groups in total. The van der Waals surface area contributed by atoms with Crippen molar-refractivity contribution in [1.82, 2.24) is 15.2 Å². The van der Waals surface area contributed by atoms with Crippen LogP contribution >= 0.6 is 0 Å². The average Bonchev–Trinajstić information content (AvgIpc) is 3.02. The van der Waals surface area contributed by atoms with Crippen molar-refractivity contribution < 1.29 is 13.2 Å². The molecule has 130 valence electrons. The van der Waals surface area contributed by atoms with Gasteiger partial charge in [0.15, 0.2) is 0 Å². The standard InChI is InChI=1S/C16H27N3O3S/c1-11(2)14-9-19(7-8-23(4,21)22)10-15(14)18-16(20)13-5-6-17-12(13)3/h5-6,11,14-15,17H,7-10H2,1-4H3,(H,18,20). The van der Waals surface area contributed by atoms with Gasteiger partial charge in [0, 0.05) is 43.8 Å². The fourth-order valence-electron chi connectivity index (χ4n) is 3.16. The van der Waals surface area contributed by atoms with Gasteiger partial charge in [-0.05, 0) is 24.8 Å². The zero-order valence-electron chi connectivity index (χ0n) is 14.3. The summed E-state index contributed by atoms with van der Waals surface area (Å²) in [6, 6.07) is 1.84. The van der Waals surface area contributed by atoms with Crippen LogP contribution in [0.3, 0.4) is 0 Å². The average molecular weight is 341 g/mol. The van der Waals surface area contributed by atoms with E-state index in [0.717, 1.165) is 12.2 Å². The fraction of sp³-hybridized carbons (Fsp3) is 0.688. The molecule has 0 aromatic carbocycles. The van der Waals surface area contributed by atoms with E-state index in [4.69, 9.17) is 0 Å². The molecule has 2 rings (SSSR count). The first-order valence-electron chi connectivity index (χ1n) is 8.02. The van der Waals surface area contributed by atoms with Gasteiger partial charge in [-0.15, -0.1) is 0 Å². The summed E-state index contributed by atoms with van der Waals surface area (Å²) in [7, 11) is -2.96. The van der Waals surface area contributed by atoms with Crippen molar-refractivity contribution in [1.29, 1.82) is 0 Å². The molecule has 2 unspecified atom stereocenters. The molecule has 0 spiro atoms. The van der Waals surface area contributed by atoms with Crippen LogP contribution in [0.5, 0.6) is 0 Å². The molecule has 7 heteroatoms. The summed E-state index contributed by atoms with van der Waals surface area (Å²) in [5.74, 6) is 0.855. The van der Waals surface area contributed by atoms with E-state index in [1.807, 2.05) is 6.92 Å². The molecule has 2 heterocycles. The Morgan fingerprint density at radius 3 is 2.65 bits per heavy atom. The van der Waals surface area contributed by atoms with Crippen molar-refractivity contribution in [3.63, 3.8) is 0 Å². The molecule has 6 nitrogen and oxygen atoms in total. The Bertz CT molecular complexity index is 651. The zero-order chi connectivity index (χ0) is 17.2. The van der Waals surface area contributed by atoms with Crippen molar-refractivity contribution in [3.05, 3.63) is 23.5 Å². The van der Waals surface area contributed by atoms with E-state index in [9.17, 15) is 13.2 Å². The third kappa shape index (κ3) is 4.81. The van der Waals surface area contributed by atoms with Gasteiger partial charge in [0.1, 0.15) is 9.84 Å². The Kier molecular flexibility index (Phi) is 5.52. The van der Waals surface area contributed by atoms with Gasteiger partial charge >= 0.3 is 0 Å². The van der Waals surface area contributed by atoms with Crippen LogP contribution < -0.4 is 5.32 Å². The Hall–Kier alpha value is -1.34.